The van der Waals surface area contributed by atoms with Crippen molar-refractivity contribution in [2.75, 3.05) is 5.75 Å². The maximum atomic E-state index is 12.1. The standard InChI is InChI=1S/C12H13F3N2O3S/c13-12(14,15)21-7-9(17-11(19)20)10(18)16-6-8-4-2-1-3-5-8/h1-5,9,17H,6-7H2,(H,16,18)(H,19,20)/t9-/m0/s1. The van der Waals surface area contributed by atoms with Crippen LogP contribution in [0.3, 0.4) is 0 Å². The zero-order valence-electron chi connectivity index (χ0n) is 10.7. The van der Waals surface area contributed by atoms with E-state index in [-0.39, 0.29) is 6.54 Å². The highest BCUT2D eigenvalue weighted by Crippen LogP contribution is 2.30. The van der Waals surface area contributed by atoms with Crippen LogP contribution in [0.25, 0.3) is 0 Å². The van der Waals surface area contributed by atoms with E-state index >= 15 is 0 Å². The van der Waals surface area contributed by atoms with E-state index in [2.05, 4.69) is 5.32 Å². The van der Waals surface area contributed by atoms with Crippen LogP contribution in [-0.4, -0.2) is 34.4 Å². The molecule has 0 aliphatic rings. The predicted octanol–water partition coefficient (Wildman–Crippen LogP) is 2.19. The average Bonchev–Trinajstić information content (AvgIpc) is 2.40. The number of hydrogen-bond donors (Lipinski definition) is 3. The molecular formula is C12H13F3N2O3S. The largest absolute Gasteiger partial charge is 0.465 e. The predicted molar refractivity (Wildman–Crippen MR) is 71.8 cm³/mol. The first-order chi connectivity index (χ1) is 9.78. The van der Waals surface area contributed by atoms with Crippen LogP contribution in [0.2, 0.25) is 0 Å². The summed E-state index contributed by atoms with van der Waals surface area (Å²) < 4.78 is 36.4. The molecule has 1 aromatic carbocycles. The average molecular weight is 322 g/mol. The monoisotopic (exact) mass is 322 g/mol. The number of nitrogens with one attached hydrogen (secondary N) is 2. The van der Waals surface area contributed by atoms with Crippen LogP contribution < -0.4 is 10.6 Å². The third-order valence-electron chi connectivity index (χ3n) is 2.34. The molecular weight excluding hydrogens is 309 g/mol. The Balaban J connectivity index is 2.56. The van der Waals surface area contributed by atoms with Gasteiger partial charge in [0.05, 0.1) is 0 Å². The molecule has 1 atom stereocenters. The highest BCUT2D eigenvalue weighted by Gasteiger charge is 2.32. The zero-order chi connectivity index (χ0) is 15.9. The zero-order valence-corrected chi connectivity index (χ0v) is 11.5. The highest BCUT2D eigenvalue weighted by atomic mass is 32.2. The van der Waals surface area contributed by atoms with Crippen LogP contribution in [0.5, 0.6) is 0 Å². The van der Waals surface area contributed by atoms with Gasteiger partial charge in [-0.25, -0.2) is 4.79 Å². The van der Waals surface area contributed by atoms with Crippen LogP contribution >= 0.6 is 11.8 Å². The second-order valence-corrected chi connectivity index (χ2v) is 5.05. The van der Waals surface area contributed by atoms with Gasteiger partial charge in [-0.3, -0.25) is 4.79 Å². The van der Waals surface area contributed by atoms with Gasteiger partial charge < -0.3 is 15.7 Å². The van der Waals surface area contributed by atoms with Crippen LogP contribution in [0.4, 0.5) is 18.0 Å². The number of rotatable bonds is 6. The van der Waals surface area contributed by atoms with Gasteiger partial charge in [0.25, 0.3) is 0 Å². The molecule has 21 heavy (non-hydrogen) atoms. The third-order valence-corrected chi connectivity index (χ3v) is 3.16. The normalized spacial score (nSPS) is 12.5. The molecule has 5 nitrogen and oxygen atoms in total. The lowest BCUT2D eigenvalue weighted by Gasteiger charge is -2.17. The molecule has 2 amide bonds. The summed E-state index contributed by atoms with van der Waals surface area (Å²) >= 11 is -0.453. The minimum absolute atomic E-state index is 0.105. The minimum Gasteiger partial charge on any atom is -0.465 e. The van der Waals surface area contributed by atoms with Gasteiger partial charge >= 0.3 is 11.6 Å². The SMILES string of the molecule is O=C(O)N[C@@H](CSC(F)(F)F)C(=O)NCc1ccccc1. The Morgan fingerprint density at radius 1 is 1.24 bits per heavy atom. The maximum absolute atomic E-state index is 12.1. The highest BCUT2D eigenvalue weighted by molar-refractivity contribution is 8.00. The smallest absolute Gasteiger partial charge is 0.441 e. The molecule has 0 spiro atoms. The molecule has 0 bridgehead atoms. The van der Waals surface area contributed by atoms with Gasteiger partial charge in [0.15, 0.2) is 0 Å². The lowest BCUT2D eigenvalue weighted by Crippen LogP contribution is -2.48. The molecule has 116 valence electrons. The molecule has 0 saturated heterocycles. The maximum Gasteiger partial charge on any atom is 0.441 e. The summed E-state index contributed by atoms with van der Waals surface area (Å²) in [7, 11) is 0. The Morgan fingerprint density at radius 3 is 2.38 bits per heavy atom. The second kappa shape index (κ2) is 7.77. The molecule has 0 aromatic heterocycles. The minimum atomic E-state index is -4.53. The third kappa shape index (κ3) is 7.45. The van der Waals surface area contributed by atoms with Crippen LogP contribution in [0, 0.1) is 0 Å². The van der Waals surface area contributed by atoms with Crippen molar-refractivity contribution in [1.82, 2.24) is 10.6 Å². The Bertz CT molecular complexity index is 482. The molecule has 0 unspecified atom stereocenters. The summed E-state index contributed by atoms with van der Waals surface area (Å²) in [5.41, 5.74) is -3.78. The van der Waals surface area contributed by atoms with Crippen molar-refractivity contribution in [1.29, 1.82) is 0 Å². The fourth-order valence-electron chi connectivity index (χ4n) is 1.42. The van der Waals surface area contributed by atoms with Gasteiger partial charge in [-0.1, -0.05) is 30.3 Å². The van der Waals surface area contributed by atoms with Gasteiger partial charge in [0.1, 0.15) is 6.04 Å². The van der Waals surface area contributed by atoms with Crippen molar-refractivity contribution < 1.29 is 27.9 Å². The number of alkyl halides is 3. The molecule has 1 aromatic rings. The Morgan fingerprint density at radius 2 is 1.86 bits per heavy atom. The van der Waals surface area contributed by atoms with E-state index in [0.717, 1.165) is 5.56 Å². The summed E-state index contributed by atoms with van der Waals surface area (Å²) in [5, 5.41) is 12.7. The van der Waals surface area contributed by atoms with Crippen LogP contribution in [0.15, 0.2) is 30.3 Å². The fraction of sp³-hybridized carbons (Fsp3) is 0.333. The van der Waals surface area contributed by atoms with Crippen molar-refractivity contribution in [2.24, 2.45) is 0 Å². The summed E-state index contributed by atoms with van der Waals surface area (Å²) in [4.78, 5) is 22.3. The number of hydrogen-bond acceptors (Lipinski definition) is 3. The molecule has 0 aliphatic carbocycles. The number of benzene rings is 1. The van der Waals surface area contributed by atoms with E-state index in [0.29, 0.717) is 0 Å². The first kappa shape index (κ1) is 17.2. The number of carbonyl (C=O) groups is 2. The number of carboxylic acid groups (broad SMARTS) is 1. The Labute approximate surface area is 122 Å². The van der Waals surface area contributed by atoms with Gasteiger partial charge in [-0.05, 0) is 17.3 Å². The van der Waals surface area contributed by atoms with Crippen molar-refractivity contribution in [3.8, 4) is 0 Å². The van der Waals surface area contributed by atoms with E-state index in [1.807, 2.05) is 0 Å². The topological polar surface area (TPSA) is 78.4 Å². The number of halogens is 3. The molecule has 0 heterocycles. The number of amides is 2. The van der Waals surface area contributed by atoms with Crippen molar-refractivity contribution in [3.05, 3.63) is 35.9 Å². The Kier molecular flexibility index (Phi) is 6.35. The van der Waals surface area contributed by atoms with E-state index in [4.69, 9.17) is 5.11 Å². The first-order valence-electron chi connectivity index (χ1n) is 5.79. The van der Waals surface area contributed by atoms with Crippen LogP contribution in [0.1, 0.15) is 5.56 Å². The van der Waals surface area contributed by atoms with Crippen molar-refractivity contribution in [3.63, 3.8) is 0 Å². The van der Waals surface area contributed by atoms with Gasteiger partial charge in [-0.2, -0.15) is 13.2 Å². The van der Waals surface area contributed by atoms with Crippen molar-refractivity contribution >= 4 is 23.8 Å². The molecule has 1 rings (SSSR count). The van der Waals surface area contributed by atoms with E-state index in [1.165, 1.54) is 0 Å². The van der Waals surface area contributed by atoms with E-state index < -0.39 is 41.1 Å². The van der Waals surface area contributed by atoms with Gasteiger partial charge in [-0.15, -0.1) is 0 Å². The first-order valence-corrected chi connectivity index (χ1v) is 6.78. The lowest BCUT2D eigenvalue weighted by molar-refractivity contribution is -0.122. The van der Waals surface area contributed by atoms with E-state index in [1.54, 1.807) is 35.6 Å². The van der Waals surface area contributed by atoms with Gasteiger partial charge in [0.2, 0.25) is 5.91 Å². The summed E-state index contributed by atoms with van der Waals surface area (Å²) in [6.45, 7) is 0.105. The molecule has 3 N–H and O–H groups in total. The van der Waals surface area contributed by atoms with Crippen LogP contribution in [-0.2, 0) is 11.3 Å². The van der Waals surface area contributed by atoms with Gasteiger partial charge in [0, 0.05) is 12.3 Å². The second-order valence-electron chi connectivity index (χ2n) is 3.96. The quantitative estimate of drug-likeness (QED) is 0.750. The fourth-order valence-corrected chi connectivity index (χ4v) is 2.01. The van der Waals surface area contributed by atoms with Crippen molar-refractivity contribution in [2.45, 2.75) is 18.1 Å². The molecule has 0 saturated carbocycles. The Hall–Kier alpha value is -1.90. The summed E-state index contributed by atoms with van der Waals surface area (Å²) in [6, 6.07) is 7.24. The molecule has 0 radical (unpaired) electrons. The van der Waals surface area contributed by atoms with E-state index in [9.17, 15) is 22.8 Å². The molecule has 0 fully saturated rings. The molecule has 9 heteroatoms. The summed E-state index contributed by atoms with van der Waals surface area (Å²) in [5.74, 6) is -1.53. The molecule has 0 aliphatic heterocycles. The lowest BCUT2D eigenvalue weighted by atomic mass is 10.2. The number of thioether (sulfide) groups is 1. The number of carbonyl (C=O) groups excluding carboxylic acids is 1. The summed E-state index contributed by atoms with van der Waals surface area (Å²) in [6.07, 6.45) is -1.56.